The van der Waals surface area contributed by atoms with Crippen LogP contribution in [0.5, 0.6) is 0 Å². The topological polar surface area (TPSA) is 34.9 Å². The van der Waals surface area contributed by atoms with E-state index in [-0.39, 0.29) is 5.56 Å². The van der Waals surface area contributed by atoms with Gasteiger partial charge in [-0.1, -0.05) is 32.4 Å². The molecule has 0 amide bonds. The van der Waals surface area contributed by atoms with E-state index in [9.17, 15) is 4.79 Å². The zero-order valence-corrected chi connectivity index (χ0v) is 11.1. The van der Waals surface area contributed by atoms with Crippen LogP contribution in [0.15, 0.2) is 11.1 Å². The van der Waals surface area contributed by atoms with Crippen molar-refractivity contribution >= 4 is 34.7 Å². The van der Waals surface area contributed by atoms with Crippen LogP contribution in [0.1, 0.15) is 38.1 Å². The van der Waals surface area contributed by atoms with E-state index in [4.69, 9.17) is 0 Å². The van der Waals surface area contributed by atoms with Crippen molar-refractivity contribution in [3.8, 4) is 0 Å². The van der Waals surface area contributed by atoms with Gasteiger partial charge in [0, 0.05) is 15.8 Å². The highest BCUT2D eigenvalue weighted by Gasteiger charge is 2.18. The molecule has 0 N–H and O–H groups in total. The van der Waals surface area contributed by atoms with E-state index < -0.39 is 0 Å². The molecule has 1 fully saturated rings. The highest BCUT2D eigenvalue weighted by atomic mass is 32.1. The predicted octanol–water partition coefficient (Wildman–Crippen LogP) is 1.78. The Morgan fingerprint density at radius 2 is 2.00 bits per heavy atom. The van der Waals surface area contributed by atoms with Gasteiger partial charge in [-0.15, -0.1) is 11.3 Å². The van der Waals surface area contributed by atoms with Gasteiger partial charge >= 0.3 is 0 Å². The smallest absolute Gasteiger partial charge is 0.271 e. The van der Waals surface area contributed by atoms with Crippen LogP contribution in [-0.2, 0) is 0 Å². The van der Waals surface area contributed by atoms with Gasteiger partial charge in [0.2, 0.25) is 0 Å². The van der Waals surface area contributed by atoms with Gasteiger partial charge in [-0.25, -0.2) is 4.98 Å². The Labute approximate surface area is 109 Å². The molecule has 2 aromatic rings. The number of hydrogen-bond acceptors (Lipinski definition) is 3. The minimum atomic E-state index is 0.0803. The van der Waals surface area contributed by atoms with Crippen LogP contribution in [0.2, 0.25) is 0 Å². The van der Waals surface area contributed by atoms with Crippen molar-refractivity contribution in [2.24, 2.45) is 0 Å². The number of hydrogen-bond donors (Lipinski definition) is 0. The van der Waals surface area contributed by atoms with E-state index in [0.29, 0.717) is 10.7 Å². The number of rotatable bonds is 1. The van der Waals surface area contributed by atoms with E-state index >= 15 is 0 Å². The molecule has 0 saturated heterocycles. The summed E-state index contributed by atoms with van der Waals surface area (Å²) in [5.41, 5.74) is 0.804. The lowest BCUT2D eigenvalue weighted by Crippen LogP contribution is -2.26. The maximum Gasteiger partial charge on any atom is 0.271 e. The third kappa shape index (κ3) is 1.72. The maximum absolute atomic E-state index is 12.5. The van der Waals surface area contributed by atoms with Gasteiger partial charge in [0.15, 0.2) is 0 Å². The van der Waals surface area contributed by atoms with E-state index in [1.807, 2.05) is 4.57 Å². The van der Waals surface area contributed by atoms with Gasteiger partial charge in [0.05, 0.1) is 11.8 Å². The fraction of sp³-hybridized carbons (Fsp3) is 0.429. The second kappa shape index (κ2) is 4.35. The Kier molecular flexibility index (Phi) is 2.82. The first kappa shape index (κ1) is 11.7. The number of aromatic nitrogens is 2. The van der Waals surface area contributed by atoms with Crippen LogP contribution < -0.4 is 15.3 Å². The molecule has 18 heavy (non-hydrogen) atoms. The number of nitrogens with zero attached hydrogens (tertiary/aromatic N) is 2. The molecule has 94 valence electrons. The highest BCUT2D eigenvalue weighted by Crippen LogP contribution is 2.26. The van der Waals surface area contributed by atoms with Crippen molar-refractivity contribution in [1.82, 2.24) is 9.55 Å². The van der Waals surface area contributed by atoms with Crippen LogP contribution in [0.25, 0.3) is 23.4 Å². The monoisotopic (exact) mass is 260 g/mol. The second-order valence-corrected chi connectivity index (χ2v) is 6.04. The third-order valence-electron chi connectivity index (χ3n) is 3.77. The minimum absolute atomic E-state index is 0.0803. The fourth-order valence-corrected chi connectivity index (χ4v) is 3.62. The molecule has 1 aliphatic rings. The average molecular weight is 260 g/mol. The average Bonchev–Trinajstić information content (AvgIpc) is 2.69. The fourth-order valence-electron chi connectivity index (χ4n) is 2.69. The molecule has 3 nitrogen and oxygen atoms in total. The maximum atomic E-state index is 12.5. The van der Waals surface area contributed by atoms with Crippen LogP contribution in [-0.4, -0.2) is 9.55 Å². The lowest BCUT2D eigenvalue weighted by molar-refractivity contribution is 0.345. The summed E-state index contributed by atoms with van der Waals surface area (Å²) < 4.78 is 3.37. The summed E-state index contributed by atoms with van der Waals surface area (Å²) in [6.07, 6.45) is 7.58. The molecule has 0 aliphatic heterocycles. The van der Waals surface area contributed by atoms with Crippen LogP contribution in [0.3, 0.4) is 0 Å². The Morgan fingerprint density at radius 3 is 2.72 bits per heavy atom. The molecule has 0 radical (unpaired) electrons. The largest absolute Gasteiger partial charge is 0.295 e. The van der Waals surface area contributed by atoms with Gasteiger partial charge in [0.1, 0.15) is 4.70 Å². The summed E-state index contributed by atoms with van der Waals surface area (Å²) in [5.74, 6) is 0. The molecule has 0 aromatic carbocycles. The first-order chi connectivity index (χ1) is 8.68. The van der Waals surface area contributed by atoms with E-state index in [1.54, 1.807) is 6.33 Å². The second-order valence-electron chi connectivity index (χ2n) is 4.93. The molecule has 2 aromatic heterocycles. The standard InChI is InChI=1S/C14H16N2OS/c1-9-10(2)18-13-12(9)15-8-16(14(13)17)11-6-4-3-5-7-11/h8,11H,1-7H2. The summed E-state index contributed by atoms with van der Waals surface area (Å²) in [6.45, 7) is 7.84. The Bertz CT molecular complexity index is 737. The lowest BCUT2D eigenvalue weighted by atomic mass is 9.95. The SMILES string of the molecule is C=c1sc2c(=O)n(C3CCCCC3)cnc2c1=C. The summed E-state index contributed by atoms with van der Waals surface area (Å²) in [4.78, 5) is 16.9. The Balaban J connectivity index is 2.20. The quantitative estimate of drug-likeness (QED) is 0.783. The van der Waals surface area contributed by atoms with Crippen molar-refractivity contribution in [2.75, 3.05) is 0 Å². The van der Waals surface area contributed by atoms with Gasteiger partial charge in [-0.05, 0) is 12.8 Å². The molecule has 4 heteroatoms. The van der Waals surface area contributed by atoms with E-state index in [2.05, 4.69) is 18.1 Å². The number of fused-ring (bicyclic) bond motifs is 1. The molecule has 1 aliphatic carbocycles. The van der Waals surface area contributed by atoms with Crippen molar-refractivity contribution < 1.29 is 0 Å². The zero-order valence-electron chi connectivity index (χ0n) is 10.3. The Hall–Kier alpha value is -1.42. The molecule has 0 atom stereocenters. The summed E-state index contributed by atoms with van der Waals surface area (Å²) in [6, 6.07) is 0.326. The summed E-state index contributed by atoms with van der Waals surface area (Å²) >= 11 is 1.41. The number of thiophene rings is 1. The van der Waals surface area contributed by atoms with Crippen molar-refractivity contribution in [3.63, 3.8) is 0 Å². The molecule has 2 heterocycles. The third-order valence-corrected chi connectivity index (χ3v) is 4.84. The van der Waals surface area contributed by atoms with Crippen molar-refractivity contribution in [1.29, 1.82) is 0 Å². The summed E-state index contributed by atoms with van der Waals surface area (Å²) in [5, 5.41) is 0.794. The first-order valence-corrected chi connectivity index (χ1v) is 7.17. The van der Waals surface area contributed by atoms with Crippen LogP contribution in [0.4, 0.5) is 0 Å². The van der Waals surface area contributed by atoms with Gasteiger partial charge in [-0.2, -0.15) is 0 Å². The van der Waals surface area contributed by atoms with Gasteiger partial charge in [-0.3, -0.25) is 9.36 Å². The molecular weight excluding hydrogens is 244 g/mol. The molecule has 0 spiro atoms. The molecule has 0 unspecified atom stereocenters. The minimum Gasteiger partial charge on any atom is -0.295 e. The predicted molar refractivity (Wildman–Crippen MR) is 76.3 cm³/mol. The zero-order chi connectivity index (χ0) is 12.7. The first-order valence-electron chi connectivity index (χ1n) is 6.36. The van der Waals surface area contributed by atoms with Crippen molar-refractivity contribution in [3.05, 3.63) is 26.4 Å². The van der Waals surface area contributed by atoms with E-state index in [0.717, 1.165) is 28.1 Å². The van der Waals surface area contributed by atoms with E-state index in [1.165, 1.54) is 30.6 Å². The Morgan fingerprint density at radius 1 is 1.28 bits per heavy atom. The van der Waals surface area contributed by atoms with Gasteiger partial charge in [0.25, 0.3) is 5.56 Å². The molecule has 0 bridgehead atoms. The lowest BCUT2D eigenvalue weighted by Gasteiger charge is -2.23. The van der Waals surface area contributed by atoms with Gasteiger partial charge < -0.3 is 0 Å². The van der Waals surface area contributed by atoms with Crippen LogP contribution >= 0.6 is 11.3 Å². The summed E-state index contributed by atoms with van der Waals surface area (Å²) in [7, 11) is 0. The molecular formula is C14H16N2OS. The molecule has 3 rings (SSSR count). The normalized spacial score (nSPS) is 17.3. The van der Waals surface area contributed by atoms with Crippen LogP contribution in [0, 0.1) is 0 Å². The molecule has 1 saturated carbocycles. The van der Waals surface area contributed by atoms with Crippen molar-refractivity contribution in [2.45, 2.75) is 38.1 Å². The highest BCUT2D eigenvalue weighted by molar-refractivity contribution is 7.16.